The molecular formula is C18H28O3. The average molecular weight is 292 g/mol. The van der Waals surface area contributed by atoms with Gasteiger partial charge in [0.25, 0.3) is 0 Å². The van der Waals surface area contributed by atoms with Crippen molar-refractivity contribution in [2.45, 2.75) is 60.3 Å². The van der Waals surface area contributed by atoms with Gasteiger partial charge >= 0.3 is 5.97 Å². The molecular weight excluding hydrogens is 264 g/mol. The molecule has 21 heavy (non-hydrogen) atoms. The van der Waals surface area contributed by atoms with Crippen molar-refractivity contribution in [3.05, 3.63) is 11.6 Å². The maximum absolute atomic E-state index is 12.8. The van der Waals surface area contributed by atoms with Gasteiger partial charge in [-0.15, -0.1) is 0 Å². The van der Waals surface area contributed by atoms with Crippen molar-refractivity contribution >= 4 is 11.8 Å². The fourth-order valence-electron chi connectivity index (χ4n) is 4.17. The summed E-state index contributed by atoms with van der Waals surface area (Å²) < 4.78 is 5.16. The second-order valence-corrected chi connectivity index (χ2v) is 7.24. The summed E-state index contributed by atoms with van der Waals surface area (Å²) in [6.45, 7) is 10.8. The molecule has 0 aliphatic heterocycles. The fraction of sp³-hybridized carbons (Fsp3) is 0.778. The van der Waals surface area contributed by atoms with E-state index in [0.717, 1.165) is 31.3 Å². The normalized spacial score (nSPS) is 33.5. The summed E-state index contributed by atoms with van der Waals surface area (Å²) in [6, 6.07) is 0. The first-order valence-corrected chi connectivity index (χ1v) is 8.22. The van der Waals surface area contributed by atoms with Crippen LogP contribution in [-0.4, -0.2) is 18.4 Å². The number of allylic oxidation sites excluding steroid dienone is 1. The first-order valence-electron chi connectivity index (χ1n) is 8.22. The summed E-state index contributed by atoms with van der Waals surface area (Å²) in [5, 5.41) is 0. The minimum Gasteiger partial charge on any atom is -0.466 e. The van der Waals surface area contributed by atoms with Gasteiger partial charge in [0.1, 0.15) is 0 Å². The van der Waals surface area contributed by atoms with Crippen LogP contribution in [0.25, 0.3) is 0 Å². The van der Waals surface area contributed by atoms with E-state index in [0.29, 0.717) is 12.5 Å². The molecule has 0 aromatic heterocycles. The highest BCUT2D eigenvalue weighted by Gasteiger charge is 2.63. The third-order valence-electron chi connectivity index (χ3n) is 5.93. The fourth-order valence-corrected chi connectivity index (χ4v) is 4.17. The molecule has 3 unspecified atom stereocenters. The second-order valence-electron chi connectivity index (χ2n) is 7.24. The molecule has 3 nitrogen and oxygen atoms in total. The molecule has 0 spiro atoms. The van der Waals surface area contributed by atoms with Gasteiger partial charge in [-0.05, 0) is 43.1 Å². The number of esters is 1. The molecule has 3 heteroatoms. The summed E-state index contributed by atoms with van der Waals surface area (Å²) in [7, 11) is 0. The SMILES string of the molecule is CCCC(/C=C1/C(=O)C2(C)CCC1C2(C)C)C(=O)OCC. The summed E-state index contributed by atoms with van der Waals surface area (Å²) in [5.74, 6) is 0.0935. The highest BCUT2D eigenvalue weighted by Crippen LogP contribution is 2.65. The number of carbonyl (C=O) groups excluding carboxylic acids is 2. The number of ketones is 1. The van der Waals surface area contributed by atoms with E-state index < -0.39 is 0 Å². The van der Waals surface area contributed by atoms with Crippen molar-refractivity contribution in [3.63, 3.8) is 0 Å². The van der Waals surface area contributed by atoms with Crippen LogP contribution in [0.2, 0.25) is 0 Å². The highest BCUT2D eigenvalue weighted by atomic mass is 16.5. The molecule has 0 aromatic carbocycles. The standard InChI is InChI=1S/C18H28O3/c1-6-8-12(16(20)21-7-2)11-13-14-9-10-18(5,15(13)19)17(14,3)4/h11-12,14H,6-10H2,1-5H3/b13-11+. The maximum Gasteiger partial charge on any atom is 0.312 e. The van der Waals surface area contributed by atoms with E-state index >= 15 is 0 Å². The van der Waals surface area contributed by atoms with Crippen LogP contribution in [0.1, 0.15) is 60.3 Å². The zero-order valence-corrected chi connectivity index (χ0v) is 14.0. The molecule has 0 N–H and O–H groups in total. The van der Waals surface area contributed by atoms with Gasteiger partial charge in [0.2, 0.25) is 0 Å². The quantitative estimate of drug-likeness (QED) is 0.570. The van der Waals surface area contributed by atoms with E-state index in [1.165, 1.54) is 0 Å². The Morgan fingerprint density at radius 2 is 2.05 bits per heavy atom. The first kappa shape index (κ1) is 16.3. The van der Waals surface area contributed by atoms with E-state index in [-0.39, 0.29) is 28.5 Å². The number of carbonyl (C=O) groups is 2. The molecule has 0 amide bonds. The Bertz CT molecular complexity index is 475. The average Bonchev–Trinajstić information content (AvgIpc) is 2.72. The van der Waals surface area contributed by atoms with Gasteiger partial charge < -0.3 is 4.74 Å². The Kier molecular flexibility index (Phi) is 4.32. The number of Topliss-reactive ketones (excluding diaryl/α,β-unsaturated/α-hetero) is 1. The van der Waals surface area contributed by atoms with Crippen molar-refractivity contribution in [1.82, 2.24) is 0 Å². The van der Waals surface area contributed by atoms with Crippen LogP contribution >= 0.6 is 0 Å². The lowest BCUT2D eigenvalue weighted by molar-refractivity contribution is -0.146. The lowest BCUT2D eigenvalue weighted by Gasteiger charge is -2.31. The third kappa shape index (κ3) is 2.35. The van der Waals surface area contributed by atoms with E-state index in [1.807, 2.05) is 13.0 Å². The molecule has 0 saturated heterocycles. The smallest absolute Gasteiger partial charge is 0.312 e. The van der Waals surface area contributed by atoms with Gasteiger partial charge in [0, 0.05) is 5.41 Å². The molecule has 2 aliphatic carbocycles. The summed E-state index contributed by atoms with van der Waals surface area (Å²) in [4.78, 5) is 24.9. The van der Waals surface area contributed by atoms with Gasteiger partial charge in [-0.25, -0.2) is 0 Å². The van der Waals surface area contributed by atoms with Gasteiger partial charge in [0.15, 0.2) is 5.78 Å². The van der Waals surface area contributed by atoms with Gasteiger partial charge in [0.05, 0.1) is 12.5 Å². The topological polar surface area (TPSA) is 43.4 Å². The Labute approximate surface area is 128 Å². The van der Waals surface area contributed by atoms with Crippen molar-refractivity contribution in [1.29, 1.82) is 0 Å². The Morgan fingerprint density at radius 3 is 2.52 bits per heavy atom. The van der Waals surface area contributed by atoms with Crippen LogP contribution in [0.4, 0.5) is 0 Å². The monoisotopic (exact) mass is 292 g/mol. The number of hydrogen-bond acceptors (Lipinski definition) is 3. The van der Waals surface area contributed by atoms with E-state index in [2.05, 4.69) is 27.7 Å². The number of fused-ring (bicyclic) bond motifs is 2. The molecule has 0 radical (unpaired) electrons. The van der Waals surface area contributed by atoms with Crippen LogP contribution < -0.4 is 0 Å². The molecule has 2 fully saturated rings. The van der Waals surface area contributed by atoms with Crippen LogP contribution in [0, 0.1) is 22.7 Å². The van der Waals surface area contributed by atoms with Crippen molar-refractivity contribution in [3.8, 4) is 0 Å². The molecule has 3 atom stereocenters. The zero-order valence-electron chi connectivity index (χ0n) is 14.0. The largest absolute Gasteiger partial charge is 0.466 e. The first-order chi connectivity index (χ1) is 9.79. The molecule has 2 aliphatic rings. The zero-order chi connectivity index (χ0) is 15.8. The second kappa shape index (κ2) is 5.58. The predicted octanol–water partition coefficient (Wildman–Crippen LogP) is 3.92. The van der Waals surface area contributed by atoms with Crippen LogP contribution in [-0.2, 0) is 14.3 Å². The molecule has 2 rings (SSSR count). The molecule has 0 aromatic rings. The van der Waals surface area contributed by atoms with E-state index in [4.69, 9.17) is 4.74 Å². The minimum absolute atomic E-state index is 0.00133. The number of rotatable bonds is 5. The molecule has 118 valence electrons. The van der Waals surface area contributed by atoms with Gasteiger partial charge in [-0.1, -0.05) is 40.2 Å². The predicted molar refractivity (Wildman–Crippen MR) is 82.7 cm³/mol. The number of ether oxygens (including phenoxy) is 1. The number of hydrogen-bond donors (Lipinski definition) is 0. The summed E-state index contributed by atoms with van der Waals surface area (Å²) in [5.41, 5.74) is 0.635. The maximum atomic E-state index is 12.8. The van der Waals surface area contributed by atoms with E-state index in [9.17, 15) is 9.59 Å². The summed E-state index contributed by atoms with van der Waals surface area (Å²) in [6.07, 6.45) is 5.62. The Hall–Kier alpha value is -1.12. The molecule has 0 heterocycles. The Balaban J connectivity index is 2.32. The van der Waals surface area contributed by atoms with Crippen LogP contribution in [0.3, 0.4) is 0 Å². The third-order valence-corrected chi connectivity index (χ3v) is 5.93. The van der Waals surface area contributed by atoms with Crippen LogP contribution in [0.5, 0.6) is 0 Å². The van der Waals surface area contributed by atoms with Crippen molar-refractivity contribution < 1.29 is 14.3 Å². The minimum atomic E-state index is -0.271. The van der Waals surface area contributed by atoms with E-state index in [1.54, 1.807) is 0 Å². The summed E-state index contributed by atoms with van der Waals surface area (Å²) >= 11 is 0. The van der Waals surface area contributed by atoms with Crippen molar-refractivity contribution in [2.75, 3.05) is 6.61 Å². The highest BCUT2D eigenvalue weighted by molar-refractivity contribution is 6.05. The Morgan fingerprint density at radius 1 is 1.38 bits per heavy atom. The van der Waals surface area contributed by atoms with Crippen molar-refractivity contribution in [2.24, 2.45) is 22.7 Å². The molecule has 2 saturated carbocycles. The lowest BCUT2D eigenvalue weighted by Crippen LogP contribution is -2.32. The lowest BCUT2D eigenvalue weighted by atomic mass is 9.70. The van der Waals surface area contributed by atoms with Gasteiger partial charge in [-0.2, -0.15) is 0 Å². The van der Waals surface area contributed by atoms with Crippen LogP contribution in [0.15, 0.2) is 11.6 Å². The molecule has 2 bridgehead atoms. The van der Waals surface area contributed by atoms with Gasteiger partial charge in [-0.3, -0.25) is 9.59 Å².